The van der Waals surface area contributed by atoms with Gasteiger partial charge in [-0.05, 0) is 38.4 Å². The lowest BCUT2D eigenvalue weighted by Crippen LogP contribution is -2.31. The molecule has 0 saturated carbocycles. The maximum atomic E-state index is 4.92. The van der Waals surface area contributed by atoms with Crippen LogP contribution in [-0.4, -0.2) is 41.2 Å². The first-order valence-corrected chi connectivity index (χ1v) is 6.46. The van der Waals surface area contributed by atoms with E-state index in [2.05, 4.69) is 27.3 Å². The van der Waals surface area contributed by atoms with Crippen LogP contribution in [0.15, 0.2) is 4.52 Å². The molecule has 1 unspecified atom stereocenters. The SMILES string of the molecule is Cc1nc(CNCC(C)CN2CCCC2)no1. The van der Waals surface area contributed by atoms with Crippen molar-refractivity contribution in [3.8, 4) is 0 Å². The Balaban J connectivity index is 1.60. The van der Waals surface area contributed by atoms with Crippen molar-refractivity contribution in [3.63, 3.8) is 0 Å². The van der Waals surface area contributed by atoms with Gasteiger partial charge in [-0.25, -0.2) is 0 Å². The smallest absolute Gasteiger partial charge is 0.223 e. The number of rotatable bonds is 6. The first-order valence-electron chi connectivity index (χ1n) is 6.46. The first-order chi connectivity index (χ1) is 8.24. The average molecular weight is 238 g/mol. The molecule has 0 spiro atoms. The molecule has 1 aliphatic heterocycles. The predicted molar refractivity (Wildman–Crippen MR) is 65.6 cm³/mol. The zero-order chi connectivity index (χ0) is 12.1. The highest BCUT2D eigenvalue weighted by molar-refractivity contribution is 4.83. The van der Waals surface area contributed by atoms with Crippen LogP contribution in [0.5, 0.6) is 0 Å². The van der Waals surface area contributed by atoms with Crippen LogP contribution in [-0.2, 0) is 6.54 Å². The summed E-state index contributed by atoms with van der Waals surface area (Å²) in [5.74, 6) is 2.05. The van der Waals surface area contributed by atoms with Crippen molar-refractivity contribution in [1.29, 1.82) is 0 Å². The standard InChI is InChI=1S/C12H22N4O/c1-10(9-16-5-3-4-6-16)7-13-8-12-14-11(2)17-15-12/h10,13H,3-9H2,1-2H3. The molecule has 1 saturated heterocycles. The van der Waals surface area contributed by atoms with E-state index in [1.165, 1.54) is 32.5 Å². The first kappa shape index (κ1) is 12.5. The number of hydrogen-bond acceptors (Lipinski definition) is 5. The van der Waals surface area contributed by atoms with Gasteiger partial charge in [0, 0.05) is 13.5 Å². The maximum Gasteiger partial charge on any atom is 0.223 e. The van der Waals surface area contributed by atoms with Crippen LogP contribution >= 0.6 is 0 Å². The molecule has 5 nitrogen and oxygen atoms in total. The number of nitrogens with one attached hydrogen (secondary N) is 1. The number of likely N-dealkylation sites (tertiary alicyclic amines) is 1. The Morgan fingerprint density at radius 2 is 2.18 bits per heavy atom. The molecule has 1 aromatic rings. The van der Waals surface area contributed by atoms with E-state index in [-0.39, 0.29) is 0 Å². The highest BCUT2D eigenvalue weighted by atomic mass is 16.5. The van der Waals surface area contributed by atoms with Crippen LogP contribution in [0.4, 0.5) is 0 Å². The summed E-state index contributed by atoms with van der Waals surface area (Å²) in [5, 5.41) is 7.23. The molecule has 1 atom stereocenters. The second-order valence-electron chi connectivity index (χ2n) is 4.97. The molecule has 96 valence electrons. The monoisotopic (exact) mass is 238 g/mol. The molecule has 0 aliphatic carbocycles. The van der Waals surface area contributed by atoms with E-state index in [4.69, 9.17) is 4.52 Å². The molecule has 0 aromatic carbocycles. The summed E-state index contributed by atoms with van der Waals surface area (Å²) in [6.07, 6.45) is 2.73. The van der Waals surface area contributed by atoms with Gasteiger partial charge in [0.05, 0.1) is 6.54 Å². The molecular formula is C12H22N4O. The molecule has 0 bridgehead atoms. The van der Waals surface area contributed by atoms with Gasteiger partial charge < -0.3 is 14.7 Å². The number of hydrogen-bond donors (Lipinski definition) is 1. The minimum absolute atomic E-state index is 0.631. The van der Waals surface area contributed by atoms with E-state index in [0.29, 0.717) is 18.4 Å². The minimum atomic E-state index is 0.631. The molecule has 0 amide bonds. The second-order valence-corrected chi connectivity index (χ2v) is 4.97. The Morgan fingerprint density at radius 3 is 2.82 bits per heavy atom. The quantitative estimate of drug-likeness (QED) is 0.807. The van der Waals surface area contributed by atoms with Gasteiger partial charge in [0.25, 0.3) is 0 Å². The fraction of sp³-hybridized carbons (Fsp3) is 0.833. The summed E-state index contributed by atoms with van der Waals surface area (Å²) in [6, 6.07) is 0. The fourth-order valence-corrected chi connectivity index (χ4v) is 2.31. The van der Waals surface area contributed by atoms with Gasteiger partial charge in [-0.3, -0.25) is 0 Å². The molecule has 1 N–H and O–H groups in total. The van der Waals surface area contributed by atoms with E-state index in [1.807, 2.05) is 6.92 Å². The van der Waals surface area contributed by atoms with Crippen molar-refractivity contribution in [2.75, 3.05) is 26.2 Å². The summed E-state index contributed by atoms with van der Waals surface area (Å²) in [5.41, 5.74) is 0. The molecule has 1 aliphatic rings. The highest BCUT2D eigenvalue weighted by Crippen LogP contribution is 2.09. The number of aromatic nitrogens is 2. The van der Waals surface area contributed by atoms with Crippen LogP contribution < -0.4 is 5.32 Å². The van der Waals surface area contributed by atoms with Crippen molar-refractivity contribution in [1.82, 2.24) is 20.4 Å². The fourth-order valence-electron chi connectivity index (χ4n) is 2.31. The third-order valence-corrected chi connectivity index (χ3v) is 3.11. The van der Waals surface area contributed by atoms with Crippen molar-refractivity contribution in [2.45, 2.75) is 33.2 Å². The van der Waals surface area contributed by atoms with Crippen molar-refractivity contribution < 1.29 is 4.52 Å². The predicted octanol–water partition coefficient (Wildman–Crippen LogP) is 1.20. The molecule has 2 rings (SSSR count). The Bertz CT molecular complexity index is 333. The van der Waals surface area contributed by atoms with Crippen molar-refractivity contribution >= 4 is 0 Å². The van der Waals surface area contributed by atoms with Crippen molar-refractivity contribution in [2.24, 2.45) is 5.92 Å². The molecule has 1 aromatic heterocycles. The molecule has 17 heavy (non-hydrogen) atoms. The summed E-state index contributed by atoms with van der Waals surface area (Å²) in [4.78, 5) is 6.71. The van der Waals surface area contributed by atoms with Crippen LogP contribution in [0.1, 0.15) is 31.5 Å². The van der Waals surface area contributed by atoms with Crippen LogP contribution in [0.2, 0.25) is 0 Å². The molecule has 5 heteroatoms. The van der Waals surface area contributed by atoms with Crippen molar-refractivity contribution in [3.05, 3.63) is 11.7 Å². The van der Waals surface area contributed by atoms with Crippen LogP contribution in [0, 0.1) is 12.8 Å². The lowest BCUT2D eigenvalue weighted by Gasteiger charge is -2.20. The lowest BCUT2D eigenvalue weighted by atomic mass is 10.1. The van der Waals surface area contributed by atoms with E-state index in [0.717, 1.165) is 12.4 Å². The largest absolute Gasteiger partial charge is 0.340 e. The lowest BCUT2D eigenvalue weighted by molar-refractivity contribution is 0.282. The molecular weight excluding hydrogens is 216 g/mol. The van der Waals surface area contributed by atoms with E-state index in [1.54, 1.807) is 0 Å². The summed E-state index contributed by atoms with van der Waals surface area (Å²) in [7, 11) is 0. The van der Waals surface area contributed by atoms with E-state index < -0.39 is 0 Å². The van der Waals surface area contributed by atoms with Gasteiger partial charge in [-0.2, -0.15) is 4.98 Å². The minimum Gasteiger partial charge on any atom is -0.340 e. The Kier molecular flexibility index (Phi) is 4.50. The Morgan fingerprint density at radius 1 is 1.41 bits per heavy atom. The zero-order valence-corrected chi connectivity index (χ0v) is 10.8. The normalized spacial score (nSPS) is 18.7. The van der Waals surface area contributed by atoms with E-state index in [9.17, 15) is 0 Å². The summed E-state index contributed by atoms with van der Waals surface area (Å²) < 4.78 is 4.92. The summed E-state index contributed by atoms with van der Waals surface area (Å²) >= 11 is 0. The van der Waals surface area contributed by atoms with Crippen LogP contribution in [0.3, 0.4) is 0 Å². The highest BCUT2D eigenvalue weighted by Gasteiger charge is 2.14. The Hall–Kier alpha value is -0.940. The van der Waals surface area contributed by atoms with Gasteiger partial charge in [-0.1, -0.05) is 12.1 Å². The topological polar surface area (TPSA) is 54.2 Å². The summed E-state index contributed by atoms with van der Waals surface area (Å²) in [6.45, 7) is 9.53. The van der Waals surface area contributed by atoms with Gasteiger partial charge >= 0.3 is 0 Å². The van der Waals surface area contributed by atoms with Gasteiger partial charge in [0.2, 0.25) is 5.89 Å². The number of aryl methyl sites for hydroxylation is 1. The van der Waals surface area contributed by atoms with Gasteiger partial charge in [0.15, 0.2) is 5.82 Å². The second kappa shape index (κ2) is 6.12. The maximum absolute atomic E-state index is 4.92. The number of nitrogens with zero attached hydrogens (tertiary/aromatic N) is 3. The third kappa shape index (κ3) is 4.09. The molecule has 2 heterocycles. The molecule has 1 fully saturated rings. The third-order valence-electron chi connectivity index (χ3n) is 3.11. The Labute approximate surface area is 103 Å². The van der Waals surface area contributed by atoms with Gasteiger partial charge in [0.1, 0.15) is 0 Å². The van der Waals surface area contributed by atoms with Crippen LogP contribution in [0.25, 0.3) is 0 Å². The zero-order valence-electron chi connectivity index (χ0n) is 10.8. The van der Waals surface area contributed by atoms with Gasteiger partial charge in [-0.15, -0.1) is 0 Å². The van der Waals surface area contributed by atoms with E-state index >= 15 is 0 Å². The average Bonchev–Trinajstić information content (AvgIpc) is 2.90. The molecule has 0 radical (unpaired) electrons.